The normalized spacial score (nSPS) is 25.2. The molecule has 3 atom stereocenters. The summed E-state index contributed by atoms with van der Waals surface area (Å²) >= 11 is 0. The Morgan fingerprint density at radius 1 is 1.19 bits per heavy atom. The van der Waals surface area contributed by atoms with E-state index in [2.05, 4.69) is 65.1 Å². The van der Waals surface area contributed by atoms with Gasteiger partial charge in [-0.1, -0.05) is 26.0 Å². The van der Waals surface area contributed by atoms with E-state index in [-0.39, 0.29) is 5.41 Å². The Morgan fingerprint density at radius 3 is 2.87 bits per heavy atom. The van der Waals surface area contributed by atoms with E-state index in [1.165, 1.54) is 5.69 Å². The fourth-order valence-electron chi connectivity index (χ4n) is 5.14. The van der Waals surface area contributed by atoms with E-state index in [0.717, 1.165) is 42.8 Å². The predicted molar refractivity (Wildman–Crippen MR) is 123 cm³/mol. The highest BCUT2D eigenvalue weighted by atomic mass is 16.5. The lowest BCUT2D eigenvalue weighted by Crippen LogP contribution is -2.35. The van der Waals surface area contributed by atoms with Gasteiger partial charge in [0.1, 0.15) is 5.65 Å². The standard InChI is InChI=1S/C25H31N5O/c1-25(2)14-19(22-16-30-13-5-4-6-23(30)27-22)7-8-20(25)17-31-24-21(15-29(3)28-24)18-9-11-26-12-10-18/h4-6,9,11-13,15-16,18-20H,7-8,10,14,17H2,1-3H3. The number of pyridine rings is 1. The smallest absolute Gasteiger partial charge is 0.236 e. The average molecular weight is 418 g/mol. The summed E-state index contributed by atoms with van der Waals surface area (Å²) in [6.07, 6.45) is 16.6. The second-order valence-electron chi connectivity index (χ2n) is 9.69. The highest BCUT2D eigenvalue weighted by Crippen LogP contribution is 2.47. The predicted octanol–water partition coefficient (Wildman–Crippen LogP) is 5.13. The van der Waals surface area contributed by atoms with Crippen molar-refractivity contribution in [3.05, 3.63) is 60.3 Å². The number of aryl methyl sites for hydroxylation is 1. The Bertz CT molecular complexity index is 1090. The molecule has 0 radical (unpaired) electrons. The molecular weight excluding hydrogens is 386 g/mol. The van der Waals surface area contributed by atoms with Crippen LogP contribution in [0.25, 0.3) is 5.65 Å². The van der Waals surface area contributed by atoms with Gasteiger partial charge in [0.25, 0.3) is 0 Å². The maximum atomic E-state index is 6.35. The van der Waals surface area contributed by atoms with Gasteiger partial charge in [0.15, 0.2) is 0 Å². The summed E-state index contributed by atoms with van der Waals surface area (Å²) < 4.78 is 10.3. The molecule has 3 aromatic rings. The number of hydrogen-bond donors (Lipinski definition) is 0. The Labute approximate surface area is 183 Å². The Hall–Kier alpha value is -2.89. The van der Waals surface area contributed by atoms with Crippen molar-refractivity contribution in [3.8, 4) is 5.88 Å². The maximum Gasteiger partial charge on any atom is 0.236 e. The first-order valence-corrected chi connectivity index (χ1v) is 11.3. The van der Waals surface area contributed by atoms with Gasteiger partial charge in [-0.3, -0.25) is 9.67 Å². The minimum Gasteiger partial charge on any atom is -0.476 e. The molecular formula is C25H31N5O. The number of nitrogens with zero attached hydrogens (tertiary/aromatic N) is 5. The van der Waals surface area contributed by atoms with Gasteiger partial charge in [-0.2, -0.15) is 0 Å². The Kier molecular flexibility index (Phi) is 5.16. The molecule has 5 rings (SSSR count). The molecule has 1 saturated carbocycles. The van der Waals surface area contributed by atoms with Crippen molar-refractivity contribution in [1.82, 2.24) is 19.2 Å². The quantitative estimate of drug-likeness (QED) is 0.578. The van der Waals surface area contributed by atoms with Crippen molar-refractivity contribution in [2.45, 2.75) is 51.4 Å². The van der Waals surface area contributed by atoms with E-state index in [0.29, 0.717) is 24.4 Å². The van der Waals surface area contributed by atoms with Crippen molar-refractivity contribution in [1.29, 1.82) is 0 Å². The topological polar surface area (TPSA) is 56.7 Å². The minimum absolute atomic E-state index is 0.186. The number of rotatable bonds is 5. The van der Waals surface area contributed by atoms with Crippen molar-refractivity contribution in [2.75, 3.05) is 6.61 Å². The summed E-state index contributed by atoms with van der Waals surface area (Å²) in [7, 11) is 1.96. The number of hydrogen-bond acceptors (Lipinski definition) is 4. The number of allylic oxidation sites excluding steroid dienone is 1. The van der Waals surface area contributed by atoms with Crippen LogP contribution in [0.3, 0.4) is 0 Å². The van der Waals surface area contributed by atoms with Crippen LogP contribution >= 0.6 is 0 Å². The number of aliphatic imine (C=N–C) groups is 1. The zero-order valence-electron chi connectivity index (χ0n) is 18.6. The third kappa shape index (κ3) is 4.03. The highest BCUT2D eigenvalue weighted by molar-refractivity contribution is 5.62. The first-order chi connectivity index (χ1) is 15.0. The van der Waals surface area contributed by atoms with Gasteiger partial charge >= 0.3 is 0 Å². The van der Waals surface area contributed by atoms with Crippen molar-refractivity contribution < 1.29 is 4.74 Å². The van der Waals surface area contributed by atoms with E-state index >= 15 is 0 Å². The summed E-state index contributed by atoms with van der Waals surface area (Å²) in [5.74, 6) is 2.06. The summed E-state index contributed by atoms with van der Waals surface area (Å²) in [6.45, 7) is 5.46. The Balaban J connectivity index is 1.26. The monoisotopic (exact) mass is 417 g/mol. The largest absolute Gasteiger partial charge is 0.476 e. The molecule has 2 aliphatic rings. The zero-order chi connectivity index (χ0) is 21.4. The molecule has 0 saturated heterocycles. The fourth-order valence-corrected chi connectivity index (χ4v) is 5.14. The van der Waals surface area contributed by atoms with Gasteiger partial charge in [0.05, 0.1) is 12.3 Å². The molecule has 0 bridgehead atoms. The fraction of sp³-hybridized carbons (Fsp3) is 0.480. The van der Waals surface area contributed by atoms with Crippen LogP contribution in [-0.2, 0) is 7.05 Å². The van der Waals surface area contributed by atoms with Gasteiger partial charge in [-0.05, 0) is 49.1 Å². The Morgan fingerprint density at radius 2 is 2.10 bits per heavy atom. The zero-order valence-corrected chi connectivity index (χ0v) is 18.6. The van der Waals surface area contributed by atoms with Crippen LogP contribution in [0.4, 0.5) is 0 Å². The minimum atomic E-state index is 0.186. The summed E-state index contributed by atoms with van der Waals surface area (Å²) in [4.78, 5) is 9.08. The van der Waals surface area contributed by atoms with Crippen molar-refractivity contribution in [2.24, 2.45) is 23.4 Å². The molecule has 4 heterocycles. The molecule has 162 valence electrons. The lowest BCUT2D eigenvalue weighted by atomic mass is 9.65. The lowest BCUT2D eigenvalue weighted by Gasteiger charge is -2.41. The lowest BCUT2D eigenvalue weighted by molar-refractivity contribution is 0.0701. The average Bonchev–Trinajstić information content (AvgIpc) is 3.36. The summed E-state index contributed by atoms with van der Waals surface area (Å²) in [5, 5.41) is 4.61. The number of ether oxygens (including phenoxy) is 1. The summed E-state index contributed by atoms with van der Waals surface area (Å²) in [5.41, 5.74) is 3.59. The number of aromatic nitrogens is 4. The number of imidazole rings is 1. The van der Waals surface area contributed by atoms with E-state index < -0.39 is 0 Å². The van der Waals surface area contributed by atoms with Crippen LogP contribution in [0.1, 0.15) is 62.6 Å². The molecule has 6 heteroatoms. The van der Waals surface area contributed by atoms with Gasteiger partial charge < -0.3 is 9.14 Å². The second-order valence-corrected chi connectivity index (χ2v) is 9.69. The van der Waals surface area contributed by atoms with Crippen molar-refractivity contribution >= 4 is 11.9 Å². The third-order valence-electron chi connectivity index (χ3n) is 7.05. The third-order valence-corrected chi connectivity index (χ3v) is 7.05. The molecule has 0 amide bonds. The van der Waals surface area contributed by atoms with Gasteiger partial charge in [-0.25, -0.2) is 4.98 Å². The molecule has 1 aliphatic carbocycles. The molecule has 0 aromatic carbocycles. The summed E-state index contributed by atoms with van der Waals surface area (Å²) in [6, 6.07) is 6.18. The molecule has 0 N–H and O–H groups in total. The molecule has 6 nitrogen and oxygen atoms in total. The molecule has 3 unspecified atom stereocenters. The second kappa shape index (κ2) is 7.98. The molecule has 3 aromatic heterocycles. The van der Waals surface area contributed by atoms with Crippen LogP contribution in [0, 0.1) is 11.3 Å². The first kappa shape index (κ1) is 20.0. The van der Waals surface area contributed by atoms with Crippen LogP contribution in [0.15, 0.2) is 54.1 Å². The maximum absolute atomic E-state index is 6.35. The van der Waals surface area contributed by atoms with E-state index in [4.69, 9.17) is 9.72 Å². The van der Waals surface area contributed by atoms with Crippen LogP contribution < -0.4 is 4.74 Å². The first-order valence-electron chi connectivity index (χ1n) is 11.3. The van der Waals surface area contributed by atoms with E-state index in [1.807, 2.05) is 30.2 Å². The van der Waals surface area contributed by atoms with Gasteiger partial charge in [-0.15, -0.1) is 5.10 Å². The highest BCUT2D eigenvalue weighted by Gasteiger charge is 2.38. The van der Waals surface area contributed by atoms with Crippen LogP contribution in [0.2, 0.25) is 0 Å². The van der Waals surface area contributed by atoms with Crippen LogP contribution in [-0.4, -0.2) is 32.0 Å². The molecule has 1 fully saturated rings. The van der Waals surface area contributed by atoms with Gasteiger partial charge in [0, 0.05) is 55.5 Å². The number of fused-ring (bicyclic) bond motifs is 1. The molecule has 31 heavy (non-hydrogen) atoms. The van der Waals surface area contributed by atoms with Gasteiger partial charge in [0.2, 0.25) is 5.88 Å². The van der Waals surface area contributed by atoms with Crippen LogP contribution in [0.5, 0.6) is 5.88 Å². The van der Waals surface area contributed by atoms with E-state index in [1.54, 1.807) is 0 Å². The van der Waals surface area contributed by atoms with E-state index in [9.17, 15) is 0 Å². The SMILES string of the molecule is Cn1cc(C2C=CN=CC2)c(OCC2CCC(c3cn4ccccc4n3)CC2(C)C)n1. The molecule has 1 aliphatic heterocycles. The molecule has 0 spiro atoms. The van der Waals surface area contributed by atoms with Crippen molar-refractivity contribution in [3.63, 3.8) is 0 Å².